The van der Waals surface area contributed by atoms with Crippen LogP contribution in [0.1, 0.15) is 140 Å². The van der Waals surface area contributed by atoms with Gasteiger partial charge in [-0.1, -0.05) is 76.2 Å². The van der Waals surface area contributed by atoms with Gasteiger partial charge in [-0.2, -0.15) is 0 Å². The summed E-state index contributed by atoms with van der Waals surface area (Å²) in [7, 11) is 0. The van der Waals surface area contributed by atoms with Crippen molar-refractivity contribution in [2.24, 2.45) is 73.4 Å². The zero-order valence-electron chi connectivity index (χ0n) is 26.4. The molecule has 0 spiro atoms. The second-order valence-corrected chi connectivity index (χ2v) is 17.5. The molecule has 0 aromatic heterocycles. The van der Waals surface area contributed by atoms with E-state index in [-0.39, 0.29) is 12.3 Å². The highest BCUT2D eigenvalue weighted by Crippen LogP contribution is 2.94. The molecular formula is C35H60O2. The Morgan fingerprint density at radius 2 is 1.16 bits per heavy atom. The normalized spacial score (nSPS) is 51.5. The van der Waals surface area contributed by atoms with Crippen LogP contribution in [0.15, 0.2) is 0 Å². The van der Waals surface area contributed by atoms with Gasteiger partial charge in [0.2, 0.25) is 0 Å². The molecule has 9 rings (SSSR count). The summed E-state index contributed by atoms with van der Waals surface area (Å²) >= 11 is 0. The minimum Gasteiger partial charge on any atom is -0.481 e. The van der Waals surface area contributed by atoms with Crippen molar-refractivity contribution in [3.8, 4) is 0 Å². The van der Waals surface area contributed by atoms with Crippen LogP contribution in [0.4, 0.5) is 0 Å². The summed E-state index contributed by atoms with van der Waals surface area (Å²) in [6, 6.07) is 0. The van der Waals surface area contributed by atoms with Gasteiger partial charge in [0.05, 0.1) is 0 Å². The molecule has 2 heteroatoms. The van der Waals surface area contributed by atoms with E-state index in [1.807, 2.05) is 13.8 Å². The van der Waals surface area contributed by atoms with Crippen LogP contribution in [0.2, 0.25) is 0 Å². The van der Waals surface area contributed by atoms with Gasteiger partial charge in [-0.05, 0) is 131 Å². The second-order valence-electron chi connectivity index (χ2n) is 17.5. The van der Waals surface area contributed by atoms with E-state index in [1.54, 1.807) is 19.3 Å². The summed E-state index contributed by atoms with van der Waals surface area (Å²) in [6.45, 7) is 28.4. The van der Waals surface area contributed by atoms with Gasteiger partial charge >= 0.3 is 5.97 Å². The number of carboxylic acid groups (broad SMARTS) is 1. The third kappa shape index (κ3) is 2.83. The first-order valence-electron chi connectivity index (χ1n) is 16.1. The molecule has 9 saturated carbocycles. The Kier molecular flexibility index (Phi) is 6.08. The number of carboxylic acids is 1. The first-order chi connectivity index (χ1) is 16.9. The molecule has 6 bridgehead atoms. The van der Waals surface area contributed by atoms with Crippen LogP contribution in [0.25, 0.3) is 0 Å². The molecule has 0 aliphatic heterocycles. The van der Waals surface area contributed by atoms with Crippen LogP contribution in [-0.2, 0) is 4.79 Å². The van der Waals surface area contributed by atoms with Crippen molar-refractivity contribution in [1.82, 2.24) is 0 Å². The highest BCUT2D eigenvalue weighted by atomic mass is 16.4. The number of hydrogen-bond acceptors (Lipinski definition) is 1. The SMILES string of the molecule is CC(C)CC(=O)O.CC1CCC2CC1(C1(C)CCC3CC1(C14CC(CCC1C)C4(C)C)C3(C)C)C2(C)C. The predicted octanol–water partition coefficient (Wildman–Crippen LogP) is 9.86. The minimum atomic E-state index is -0.713. The molecule has 0 heterocycles. The van der Waals surface area contributed by atoms with Gasteiger partial charge in [-0.3, -0.25) is 4.79 Å². The largest absolute Gasteiger partial charge is 0.481 e. The number of fused-ring (bicyclic) bond motifs is 6. The van der Waals surface area contributed by atoms with Crippen molar-refractivity contribution in [1.29, 1.82) is 0 Å². The smallest absolute Gasteiger partial charge is 0.303 e. The van der Waals surface area contributed by atoms with Crippen molar-refractivity contribution in [2.45, 2.75) is 140 Å². The van der Waals surface area contributed by atoms with Crippen molar-refractivity contribution < 1.29 is 9.90 Å². The van der Waals surface area contributed by atoms with Crippen LogP contribution in [0.3, 0.4) is 0 Å². The van der Waals surface area contributed by atoms with Gasteiger partial charge < -0.3 is 5.11 Å². The van der Waals surface area contributed by atoms with Crippen LogP contribution >= 0.6 is 0 Å². The lowest BCUT2D eigenvalue weighted by Crippen LogP contribution is -2.86. The van der Waals surface area contributed by atoms with Gasteiger partial charge in [0.25, 0.3) is 0 Å². The molecule has 0 saturated heterocycles. The minimum absolute atomic E-state index is 0.275. The average molecular weight is 513 g/mol. The van der Waals surface area contributed by atoms with E-state index in [9.17, 15) is 4.79 Å². The van der Waals surface area contributed by atoms with Gasteiger partial charge in [-0.15, -0.1) is 0 Å². The molecule has 9 atom stereocenters. The topological polar surface area (TPSA) is 37.3 Å². The summed E-state index contributed by atoms with van der Waals surface area (Å²) in [4.78, 5) is 9.81. The second kappa shape index (κ2) is 8.02. The summed E-state index contributed by atoms with van der Waals surface area (Å²) in [6.07, 6.45) is 14.0. The van der Waals surface area contributed by atoms with Crippen LogP contribution < -0.4 is 0 Å². The average Bonchev–Trinajstić information content (AvgIpc) is 2.77. The Hall–Kier alpha value is -0.530. The summed E-state index contributed by atoms with van der Waals surface area (Å²) in [5.41, 5.74) is 3.78. The maximum Gasteiger partial charge on any atom is 0.303 e. The molecule has 0 radical (unpaired) electrons. The van der Waals surface area contributed by atoms with Gasteiger partial charge in [0.15, 0.2) is 0 Å². The van der Waals surface area contributed by atoms with Gasteiger partial charge in [0.1, 0.15) is 0 Å². The Morgan fingerprint density at radius 3 is 1.51 bits per heavy atom. The van der Waals surface area contributed by atoms with Crippen LogP contribution in [0.5, 0.6) is 0 Å². The number of rotatable bonds is 4. The number of aliphatic carboxylic acids is 1. The standard InChI is InChI=1S/C30H50.C5H10O2/c1-19-10-12-21-16-28(19,24(21,3)4)27(9)15-14-23-18-30(27,26(23,7)8)29-17-22(25(29,5)6)13-11-20(29)2;1-4(2)3-5(6)7/h19-23H,10-18H2,1-9H3;4H,3H2,1-2H3,(H,6,7). The fourth-order valence-electron chi connectivity index (χ4n) is 14.3. The van der Waals surface area contributed by atoms with Gasteiger partial charge in [-0.25, -0.2) is 0 Å². The van der Waals surface area contributed by atoms with Crippen molar-refractivity contribution >= 4 is 5.97 Å². The van der Waals surface area contributed by atoms with E-state index in [1.165, 1.54) is 38.5 Å². The number of hydrogen-bond donors (Lipinski definition) is 1. The van der Waals surface area contributed by atoms with E-state index in [0.29, 0.717) is 37.9 Å². The molecule has 0 amide bonds. The van der Waals surface area contributed by atoms with E-state index >= 15 is 0 Å². The van der Waals surface area contributed by atoms with Crippen molar-refractivity contribution in [3.05, 3.63) is 0 Å². The van der Waals surface area contributed by atoms with Crippen LogP contribution in [-0.4, -0.2) is 11.1 Å². The van der Waals surface area contributed by atoms with E-state index in [2.05, 4.69) is 62.3 Å². The first-order valence-corrected chi connectivity index (χ1v) is 16.1. The molecule has 9 aliphatic carbocycles. The molecule has 212 valence electrons. The van der Waals surface area contributed by atoms with Gasteiger partial charge in [0, 0.05) is 6.42 Å². The molecule has 0 aromatic carbocycles. The molecule has 9 aliphatic rings. The van der Waals surface area contributed by atoms with E-state index < -0.39 is 5.97 Å². The fourth-order valence-corrected chi connectivity index (χ4v) is 14.3. The van der Waals surface area contributed by atoms with Crippen LogP contribution in [0, 0.1) is 73.4 Å². The Balaban J connectivity index is 0.000000355. The lowest BCUT2D eigenvalue weighted by Gasteiger charge is -2.92. The third-order valence-electron chi connectivity index (χ3n) is 16.0. The molecule has 0 aromatic rings. The fraction of sp³-hybridized carbons (Fsp3) is 0.971. The van der Waals surface area contributed by atoms with Crippen molar-refractivity contribution in [3.63, 3.8) is 0 Å². The molecular weight excluding hydrogens is 452 g/mol. The Bertz CT molecular complexity index is 943. The van der Waals surface area contributed by atoms with E-state index in [4.69, 9.17) is 5.11 Å². The third-order valence-corrected chi connectivity index (χ3v) is 16.0. The quantitative estimate of drug-likeness (QED) is 0.407. The Labute approximate surface area is 229 Å². The summed E-state index contributed by atoms with van der Waals surface area (Å²) in [5, 5.41) is 8.08. The molecule has 9 fully saturated rings. The maximum absolute atomic E-state index is 9.81. The van der Waals surface area contributed by atoms with Crippen molar-refractivity contribution in [2.75, 3.05) is 0 Å². The molecule has 1 N–H and O–H groups in total. The molecule has 2 nitrogen and oxygen atoms in total. The predicted molar refractivity (Wildman–Crippen MR) is 154 cm³/mol. The lowest BCUT2D eigenvalue weighted by atomic mass is 9.12. The highest BCUT2D eigenvalue weighted by Gasteiger charge is 2.88. The number of carbonyl (C=O) groups is 1. The first kappa shape index (κ1) is 28.0. The van der Waals surface area contributed by atoms with E-state index in [0.717, 1.165) is 29.6 Å². The highest BCUT2D eigenvalue weighted by molar-refractivity contribution is 5.66. The lowest BCUT2D eigenvalue weighted by molar-refractivity contribution is -0.441. The summed E-state index contributed by atoms with van der Waals surface area (Å²) < 4.78 is 0. The monoisotopic (exact) mass is 512 g/mol. The zero-order valence-corrected chi connectivity index (χ0v) is 26.4. The molecule has 9 unspecified atom stereocenters. The molecule has 37 heavy (non-hydrogen) atoms. The summed E-state index contributed by atoms with van der Waals surface area (Å²) in [5.74, 6) is 4.34. The Morgan fingerprint density at radius 1 is 0.703 bits per heavy atom. The maximum atomic E-state index is 9.81. The zero-order chi connectivity index (χ0) is 27.6.